The van der Waals surface area contributed by atoms with Gasteiger partial charge < -0.3 is 9.47 Å². The molecule has 0 bridgehead atoms. The van der Waals surface area contributed by atoms with E-state index in [9.17, 15) is 4.79 Å². The summed E-state index contributed by atoms with van der Waals surface area (Å²) in [6, 6.07) is 3.86. The van der Waals surface area contributed by atoms with Crippen molar-refractivity contribution in [2.75, 3.05) is 26.4 Å². The molecule has 1 heterocycles. The lowest BCUT2D eigenvalue weighted by atomic mass is 10.4. The van der Waals surface area contributed by atoms with Crippen LogP contribution in [0.3, 0.4) is 0 Å². The Kier molecular flexibility index (Phi) is 7.84. The number of amidine groups is 1. The van der Waals surface area contributed by atoms with Crippen molar-refractivity contribution in [1.82, 2.24) is 5.32 Å². The van der Waals surface area contributed by atoms with Crippen LogP contribution in [0.1, 0.15) is 29.9 Å². The average molecular weight is 284 g/mol. The van der Waals surface area contributed by atoms with E-state index in [2.05, 4.69) is 10.3 Å². The first-order valence-electron chi connectivity index (χ1n) is 6.37. The van der Waals surface area contributed by atoms with Crippen LogP contribution < -0.4 is 5.32 Å². The fourth-order valence-electron chi connectivity index (χ4n) is 1.24. The van der Waals surface area contributed by atoms with E-state index in [1.807, 2.05) is 25.3 Å². The smallest absolute Gasteiger partial charge is 0.291 e. The highest BCUT2D eigenvalue weighted by Crippen LogP contribution is 2.07. The Bertz CT molecular complexity index is 391. The molecule has 1 rings (SSSR count). The third-order valence-corrected chi connectivity index (χ3v) is 2.98. The molecule has 0 saturated carbocycles. The predicted octanol–water partition coefficient (Wildman–Crippen LogP) is 2.30. The number of hydrogen-bond donors (Lipinski definition) is 1. The zero-order valence-electron chi connectivity index (χ0n) is 11.3. The summed E-state index contributed by atoms with van der Waals surface area (Å²) in [6.45, 7) is 6.06. The molecule has 0 aromatic carbocycles. The first-order valence-corrected chi connectivity index (χ1v) is 7.25. The molecule has 1 aromatic rings. The van der Waals surface area contributed by atoms with E-state index in [-0.39, 0.29) is 11.9 Å². The van der Waals surface area contributed by atoms with E-state index in [1.54, 1.807) is 6.07 Å². The van der Waals surface area contributed by atoms with Crippen molar-refractivity contribution in [2.45, 2.75) is 20.3 Å². The lowest BCUT2D eigenvalue weighted by molar-refractivity contribution is 0.0925. The number of hydrogen-bond acceptors (Lipinski definition) is 5. The molecule has 0 saturated heterocycles. The van der Waals surface area contributed by atoms with Gasteiger partial charge in [-0.3, -0.25) is 10.1 Å². The molecule has 106 valence electrons. The normalized spacial score (nSPS) is 11.4. The molecule has 0 unspecified atom stereocenters. The van der Waals surface area contributed by atoms with E-state index in [4.69, 9.17) is 9.47 Å². The molecular weight excluding hydrogens is 264 g/mol. The predicted molar refractivity (Wildman–Crippen MR) is 76.8 cm³/mol. The Hall–Kier alpha value is -1.40. The highest BCUT2D eigenvalue weighted by atomic mass is 32.1. The summed E-state index contributed by atoms with van der Waals surface area (Å²) in [5.74, 6) is -0.193. The Morgan fingerprint density at radius 3 is 2.89 bits per heavy atom. The SMILES string of the molecule is CCCN=C(NC(=O)c1cccs1)OCCOCC. The summed E-state index contributed by atoms with van der Waals surface area (Å²) in [5, 5.41) is 4.53. The quantitative estimate of drug-likeness (QED) is 0.475. The topological polar surface area (TPSA) is 59.9 Å². The molecule has 0 spiro atoms. The van der Waals surface area contributed by atoms with Crippen molar-refractivity contribution in [3.05, 3.63) is 22.4 Å². The van der Waals surface area contributed by atoms with Gasteiger partial charge in [-0.05, 0) is 24.8 Å². The van der Waals surface area contributed by atoms with Gasteiger partial charge in [0.15, 0.2) is 0 Å². The number of nitrogens with zero attached hydrogens (tertiary/aromatic N) is 1. The molecule has 0 aliphatic carbocycles. The van der Waals surface area contributed by atoms with Crippen LogP contribution >= 0.6 is 11.3 Å². The van der Waals surface area contributed by atoms with Gasteiger partial charge in [0.05, 0.1) is 11.5 Å². The van der Waals surface area contributed by atoms with Gasteiger partial charge in [0, 0.05) is 13.2 Å². The molecule has 0 aliphatic rings. The second-order valence-electron chi connectivity index (χ2n) is 3.66. The third kappa shape index (κ3) is 6.35. The van der Waals surface area contributed by atoms with Crippen molar-refractivity contribution < 1.29 is 14.3 Å². The van der Waals surface area contributed by atoms with Gasteiger partial charge in [0.2, 0.25) is 0 Å². The fraction of sp³-hybridized carbons (Fsp3) is 0.538. The van der Waals surface area contributed by atoms with E-state index >= 15 is 0 Å². The van der Waals surface area contributed by atoms with Crippen molar-refractivity contribution in [3.8, 4) is 0 Å². The van der Waals surface area contributed by atoms with Crippen molar-refractivity contribution in [3.63, 3.8) is 0 Å². The lowest BCUT2D eigenvalue weighted by Crippen LogP contribution is -2.33. The summed E-state index contributed by atoms with van der Waals surface area (Å²) < 4.78 is 10.6. The van der Waals surface area contributed by atoms with Gasteiger partial charge in [-0.2, -0.15) is 0 Å². The lowest BCUT2D eigenvalue weighted by Gasteiger charge is -2.10. The third-order valence-electron chi connectivity index (χ3n) is 2.12. The highest BCUT2D eigenvalue weighted by Gasteiger charge is 2.10. The van der Waals surface area contributed by atoms with Gasteiger partial charge in [-0.25, -0.2) is 4.99 Å². The Balaban J connectivity index is 2.47. The number of ether oxygens (including phenoxy) is 2. The second-order valence-corrected chi connectivity index (χ2v) is 4.61. The van der Waals surface area contributed by atoms with Crippen molar-refractivity contribution in [1.29, 1.82) is 0 Å². The van der Waals surface area contributed by atoms with Crippen LogP contribution in [0, 0.1) is 0 Å². The van der Waals surface area contributed by atoms with Crippen LogP contribution in [0.25, 0.3) is 0 Å². The van der Waals surface area contributed by atoms with Gasteiger partial charge in [-0.15, -0.1) is 11.3 Å². The number of aliphatic imine (C=N–C) groups is 1. The van der Waals surface area contributed by atoms with E-state index in [0.717, 1.165) is 6.42 Å². The summed E-state index contributed by atoms with van der Waals surface area (Å²) in [4.78, 5) is 16.7. The monoisotopic (exact) mass is 284 g/mol. The van der Waals surface area contributed by atoms with Crippen LogP contribution in [-0.2, 0) is 9.47 Å². The minimum Gasteiger partial charge on any atom is -0.463 e. The van der Waals surface area contributed by atoms with Crippen LogP contribution in [0.2, 0.25) is 0 Å². The van der Waals surface area contributed by atoms with Gasteiger partial charge >= 0.3 is 0 Å². The molecule has 1 amide bonds. The fourth-order valence-corrected chi connectivity index (χ4v) is 1.86. The van der Waals surface area contributed by atoms with Crippen molar-refractivity contribution >= 4 is 23.3 Å². The number of amides is 1. The Morgan fingerprint density at radius 2 is 2.26 bits per heavy atom. The molecule has 0 fully saturated rings. The zero-order valence-corrected chi connectivity index (χ0v) is 12.2. The Morgan fingerprint density at radius 1 is 1.42 bits per heavy atom. The number of thiophene rings is 1. The summed E-state index contributed by atoms with van der Waals surface area (Å²) in [7, 11) is 0. The molecule has 6 heteroatoms. The zero-order chi connectivity index (χ0) is 13.9. The van der Waals surface area contributed by atoms with E-state index in [0.29, 0.717) is 31.2 Å². The van der Waals surface area contributed by atoms with Crippen LogP contribution in [-0.4, -0.2) is 38.3 Å². The first kappa shape index (κ1) is 15.7. The number of carbonyl (C=O) groups is 1. The van der Waals surface area contributed by atoms with Gasteiger partial charge in [-0.1, -0.05) is 13.0 Å². The molecule has 0 atom stereocenters. The summed E-state index contributed by atoms with van der Waals surface area (Å²) in [5.41, 5.74) is 0. The van der Waals surface area contributed by atoms with Gasteiger partial charge in [0.25, 0.3) is 11.9 Å². The minimum absolute atomic E-state index is 0.193. The molecule has 0 aliphatic heterocycles. The molecule has 1 N–H and O–H groups in total. The number of rotatable bonds is 7. The molecular formula is C13H20N2O3S. The van der Waals surface area contributed by atoms with Crippen LogP contribution in [0.5, 0.6) is 0 Å². The number of carbonyl (C=O) groups excluding carboxylic acids is 1. The van der Waals surface area contributed by atoms with E-state index < -0.39 is 0 Å². The standard InChI is InChI=1S/C13H20N2O3S/c1-3-7-14-13(18-9-8-17-4-2)15-12(16)11-6-5-10-19-11/h5-6,10H,3-4,7-9H2,1-2H3,(H,14,15,16). The maximum absolute atomic E-state index is 11.9. The maximum atomic E-state index is 11.9. The maximum Gasteiger partial charge on any atom is 0.291 e. The first-order chi connectivity index (χ1) is 9.27. The van der Waals surface area contributed by atoms with Gasteiger partial charge in [0.1, 0.15) is 6.61 Å². The second kappa shape index (κ2) is 9.52. The van der Waals surface area contributed by atoms with Crippen LogP contribution in [0.4, 0.5) is 0 Å². The summed E-state index contributed by atoms with van der Waals surface area (Å²) >= 11 is 1.38. The van der Waals surface area contributed by atoms with Crippen LogP contribution in [0.15, 0.2) is 22.5 Å². The van der Waals surface area contributed by atoms with Crippen molar-refractivity contribution in [2.24, 2.45) is 4.99 Å². The summed E-state index contributed by atoms with van der Waals surface area (Å²) in [6.07, 6.45) is 0.896. The molecule has 5 nitrogen and oxygen atoms in total. The molecule has 1 aromatic heterocycles. The number of nitrogens with one attached hydrogen (secondary N) is 1. The Labute approximate surface area is 117 Å². The molecule has 19 heavy (non-hydrogen) atoms. The largest absolute Gasteiger partial charge is 0.463 e. The van der Waals surface area contributed by atoms with E-state index in [1.165, 1.54) is 11.3 Å². The highest BCUT2D eigenvalue weighted by molar-refractivity contribution is 7.12. The average Bonchev–Trinajstić information content (AvgIpc) is 2.94. The minimum atomic E-state index is -0.193. The molecule has 0 radical (unpaired) electrons.